The molecule has 0 bridgehead atoms. The first-order valence-electron chi connectivity index (χ1n) is 4.45. The molecule has 86 valence electrons. The SMILES string of the molecule is Cl.Cl.NNc1ccc(N2CCCC2)nn1. The van der Waals surface area contributed by atoms with Crippen LogP contribution in [0.1, 0.15) is 12.8 Å². The maximum atomic E-state index is 5.19. The Hall–Kier alpha value is -0.780. The highest BCUT2D eigenvalue weighted by atomic mass is 35.5. The van der Waals surface area contributed by atoms with Gasteiger partial charge in [-0.2, -0.15) is 0 Å². The molecule has 3 N–H and O–H groups in total. The van der Waals surface area contributed by atoms with Gasteiger partial charge in [-0.15, -0.1) is 35.0 Å². The second-order valence-corrected chi connectivity index (χ2v) is 3.12. The lowest BCUT2D eigenvalue weighted by molar-refractivity contribution is 0.893. The van der Waals surface area contributed by atoms with Crippen molar-refractivity contribution in [3.63, 3.8) is 0 Å². The fourth-order valence-corrected chi connectivity index (χ4v) is 1.52. The van der Waals surface area contributed by atoms with Crippen molar-refractivity contribution in [3.05, 3.63) is 12.1 Å². The molecule has 2 rings (SSSR count). The first-order valence-corrected chi connectivity index (χ1v) is 4.45. The second-order valence-electron chi connectivity index (χ2n) is 3.12. The Bertz CT molecular complexity index is 273. The number of hydrogen-bond donors (Lipinski definition) is 2. The van der Waals surface area contributed by atoms with Crippen LogP contribution in [0.5, 0.6) is 0 Å². The molecular weight excluding hydrogens is 237 g/mol. The van der Waals surface area contributed by atoms with Gasteiger partial charge in [-0.05, 0) is 25.0 Å². The molecule has 5 nitrogen and oxygen atoms in total. The molecule has 7 heteroatoms. The quantitative estimate of drug-likeness (QED) is 0.611. The molecule has 0 radical (unpaired) electrons. The summed E-state index contributed by atoms with van der Waals surface area (Å²) in [5, 5.41) is 7.98. The number of hydrazine groups is 1. The first-order chi connectivity index (χ1) is 6.40. The summed E-state index contributed by atoms with van der Waals surface area (Å²) in [5.74, 6) is 6.73. The molecule has 1 aliphatic rings. The maximum Gasteiger partial charge on any atom is 0.162 e. The van der Waals surface area contributed by atoms with Gasteiger partial charge < -0.3 is 10.3 Å². The number of nitrogens with two attached hydrogens (primary N) is 1. The van der Waals surface area contributed by atoms with Gasteiger partial charge in [0, 0.05) is 13.1 Å². The zero-order chi connectivity index (χ0) is 9.10. The van der Waals surface area contributed by atoms with Gasteiger partial charge in [-0.3, -0.25) is 0 Å². The summed E-state index contributed by atoms with van der Waals surface area (Å²) in [7, 11) is 0. The highest BCUT2D eigenvalue weighted by Gasteiger charge is 2.13. The summed E-state index contributed by atoms with van der Waals surface area (Å²) in [4.78, 5) is 2.23. The fraction of sp³-hybridized carbons (Fsp3) is 0.500. The Kier molecular flexibility index (Phi) is 6.31. The van der Waals surface area contributed by atoms with Crippen molar-refractivity contribution in [2.75, 3.05) is 23.4 Å². The van der Waals surface area contributed by atoms with Crippen LogP contribution in [0.2, 0.25) is 0 Å². The van der Waals surface area contributed by atoms with E-state index in [-0.39, 0.29) is 24.8 Å². The van der Waals surface area contributed by atoms with Gasteiger partial charge in [-0.25, -0.2) is 5.84 Å². The third-order valence-corrected chi connectivity index (χ3v) is 2.23. The zero-order valence-electron chi connectivity index (χ0n) is 8.22. The Morgan fingerprint density at radius 1 is 1.13 bits per heavy atom. The molecule has 2 heterocycles. The first kappa shape index (κ1) is 14.2. The molecule has 1 aromatic heterocycles. The maximum absolute atomic E-state index is 5.19. The lowest BCUT2D eigenvalue weighted by Gasteiger charge is -2.14. The van der Waals surface area contributed by atoms with Crippen LogP contribution in [-0.2, 0) is 0 Å². The van der Waals surface area contributed by atoms with Gasteiger partial charge in [0.25, 0.3) is 0 Å². The molecule has 0 atom stereocenters. The predicted molar refractivity (Wildman–Crippen MR) is 65.8 cm³/mol. The molecule has 0 aromatic carbocycles. The van der Waals surface area contributed by atoms with Crippen LogP contribution in [-0.4, -0.2) is 23.3 Å². The van der Waals surface area contributed by atoms with E-state index in [2.05, 4.69) is 20.5 Å². The highest BCUT2D eigenvalue weighted by molar-refractivity contribution is 5.85. The van der Waals surface area contributed by atoms with Gasteiger partial charge in [0.2, 0.25) is 0 Å². The second kappa shape index (κ2) is 6.66. The van der Waals surface area contributed by atoms with Crippen molar-refractivity contribution in [3.8, 4) is 0 Å². The Morgan fingerprint density at radius 2 is 1.80 bits per heavy atom. The highest BCUT2D eigenvalue weighted by Crippen LogP contribution is 2.16. The molecule has 1 saturated heterocycles. The van der Waals surface area contributed by atoms with Crippen molar-refractivity contribution in [2.45, 2.75) is 12.8 Å². The lowest BCUT2D eigenvalue weighted by Crippen LogP contribution is -2.19. The van der Waals surface area contributed by atoms with E-state index in [1.807, 2.05) is 12.1 Å². The summed E-state index contributed by atoms with van der Waals surface area (Å²) in [6.07, 6.45) is 2.50. The van der Waals surface area contributed by atoms with Crippen LogP contribution in [0.15, 0.2) is 12.1 Å². The van der Waals surface area contributed by atoms with Crippen LogP contribution < -0.4 is 16.2 Å². The van der Waals surface area contributed by atoms with Gasteiger partial charge in [0.1, 0.15) is 0 Å². The molecule has 0 saturated carbocycles. The summed E-state index contributed by atoms with van der Waals surface area (Å²) in [6, 6.07) is 3.77. The minimum absolute atomic E-state index is 0. The Balaban J connectivity index is 0.000000980. The third kappa shape index (κ3) is 3.37. The Labute approximate surface area is 101 Å². The number of nitrogens with zero attached hydrogens (tertiary/aromatic N) is 3. The number of nitrogens with one attached hydrogen (secondary N) is 1. The van der Waals surface area contributed by atoms with Gasteiger partial charge in [-0.1, -0.05) is 0 Å². The minimum atomic E-state index is 0. The van der Waals surface area contributed by atoms with Crippen LogP contribution in [0.25, 0.3) is 0 Å². The van der Waals surface area contributed by atoms with E-state index in [1.54, 1.807) is 0 Å². The third-order valence-electron chi connectivity index (χ3n) is 2.23. The van der Waals surface area contributed by atoms with Crippen molar-refractivity contribution >= 4 is 36.4 Å². The molecular formula is C8H15Cl2N5. The number of halogens is 2. The van der Waals surface area contributed by atoms with E-state index in [0.29, 0.717) is 5.82 Å². The summed E-state index contributed by atoms with van der Waals surface area (Å²) in [6.45, 7) is 2.17. The van der Waals surface area contributed by atoms with Gasteiger partial charge >= 0.3 is 0 Å². The average Bonchev–Trinajstić information content (AvgIpc) is 2.71. The fourth-order valence-electron chi connectivity index (χ4n) is 1.52. The molecule has 0 unspecified atom stereocenters. The van der Waals surface area contributed by atoms with Crippen LogP contribution in [0, 0.1) is 0 Å². The van der Waals surface area contributed by atoms with Crippen LogP contribution in [0.4, 0.5) is 11.6 Å². The minimum Gasteiger partial charge on any atom is -0.355 e. The van der Waals surface area contributed by atoms with Crippen molar-refractivity contribution < 1.29 is 0 Å². The standard InChI is InChI=1S/C8H13N5.2ClH/c9-10-7-3-4-8(12-11-7)13-5-1-2-6-13;;/h3-4H,1-2,5-6,9H2,(H,10,11);2*1H. The van der Waals surface area contributed by atoms with Gasteiger partial charge in [0.05, 0.1) is 0 Å². The van der Waals surface area contributed by atoms with Crippen molar-refractivity contribution in [2.24, 2.45) is 5.84 Å². The van der Waals surface area contributed by atoms with E-state index >= 15 is 0 Å². The Morgan fingerprint density at radius 3 is 2.27 bits per heavy atom. The number of hydrogen-bond acceptors (Lipinski definition) is 5. The molecule has 15 heavy (non-hydrogen) atoms. The van der Waals surface area contributed by atoms with Crippen molar-refractivity contribution in [1.29, 1.82) is 0 Å². The summed E-state index contributed by atoms with van der Waals surface area (Å²) in [5.41, 5.74) is 2.45. The monoisotopic (exact) mass is 251 g/mol. The summed E-state index contributed by atoms with van der Waals surface area (Å²) < 4.78 is 0. The number of aromatic nitrogens is 2. The topological polar surface area (TPSA) is 67.1 Å². The molecule has 0 aliphatic carbocycles. The van der Waals surface area contributed by atoms with Crippen LogP contribution in [0.3, 0.4) is 0 Å². The molecule has 1 aliphatic heterocycles. The van der Waals surface area contributed by atoms with E-state index in [4.69, 9.17) is 5.84 Å². The molecule has 0 amide bonds. The smallest absolute Gasteiger partial charge is 0.162 e. The van der Waals surface area contributed by atoms with Gasteiger partial charge in [0.15, 0.2) is 11.6 Å². The molecule has 1 aromatic rings. The summed E-state index contributed by atoms with van der Waals surface area (Å²) >= 11 is 0. The normalized spacial score (nSPS) is 14.1. The molecule has 0 spiro atoms. The largest absolute Gasteiger partial charge is 0.355 e. The van der Waals surface area contributed by atoms with Crippen molar-refractivity contribution in [1.82, 2.24) is 10.2 Å². The predicted octanol–water partition coefficient (Wildman–Crippen LogP) is 1.21. The number of rotatable bonds is 2. The number of nitrogen functional groups attached to an aromatic ring is 1. The van der Waals surface area contributed by atoms with E-state index in [1.165, 1.54) is 12.8 Å². The van der Waals surface area contributed by atoms with E-state index < -0.39 is 0 Å². The molecule has 1 fully saturated rings. The zero-order valence-corrected chi connectivity index (χ0v) is 9.85. The van der Waals surface area contributed by atoms with E-state index in [9.17, 15) is 0 Å². The lowest BCUT2D eigenvalue weighted by atomic mass is 10.4. The van der Waals surface area contributed by atoms with Crippen LogP contribution >= 0.6 is 24.8 Å². The number of anilines is 2. The van der Waals surface area contributed by atoms with E-state index in [0.717, 1.165) is 18.9 Å². The average molecular weight is 252 g/mol.